The van der Waals surface area contributed by atoms with Crippen LogP contribution < -0.4 is 5.32 Å². The fourth-order valence-electron chi connectivity index (χ4n) is 2.93. The molecule has 0 unspecified atom stereocenters. The van der Waals surface area contributed by atoms with Gasteiger partial charge in [0, 0.05) is 6.04 Å². The van der Waals surface area contributed by atoms with Crippen LogP contribution in [0, 0.1) is 0 Å². The van der Waals surface area contributed by atoms with Gasteiger partial charge in [0.2, 0.25) is 0 Å². The first-order valence-electron chi connectivity index (χ1n) is 7.32. The van der Waals surface area contributed by atoms with Crippen molar-refractivity contribution in [3.05, 3.63) is 11.6 Å². The molecule has 0 atom stereocenters. The third-order valence-electron chi connectivity index (χ3n) is 4.06. The lowest BCUT2D eigenvalue weighted by Gasteiger charge is -2.14. The van der Waals surface area contributed by atoms with Crippen molar-refractivity contribution < 1.29 is 4.79 Å². The Kier molecular flexibility index (Phi) is 5.24. The maximum atomic E-state index is 12.1. The number of rotatable bonds is 4. The van der Waals surface area contributed by atoms with E-state index in [-0.39, 0.29) is 0 Å². The van der Waals surface area contributed by atoms with E-state index in [0.29, 0.717) is 18.4 Å². The van der Waals surface area contributed by atoms with Crippen molar-refractivity contribution in [2.45, 2.75) is 70.3 Å². The van der Waals surface area contributed by atoms with E-state index >= 15 is 0 Å². The van der Waals surface area contributed by atoms with Gasteiger partial charge in [-0.2, -0.15) is 0 Å². The number of ketones is 1. The number of hydrogen-bond donors (Lipinski definition) is 1. The smallest absolute Gasteiger partial charge is 0.172 e. The predicted octanol–water partition coefficient (Wildman–Crippen LogP) is 3.37. The first-order chi connectivity index (χ1) is 8.36. The van der Waals surface area contributed by atoms with Gasteiger partial charge in [0.05, 0.1) is 6.54 Å². The molecule has 96 valence electrons. The lowest BCUT2D eigenvalue weighted by molar-refractivity contribution is -0.115. The molecule has 0 spiro atoms. The minimum Gasteiger partial charge on any atom is -0.307 e. The summed E-state index contributed by atoms with van der Waals surface area (Å²) in [6.07, 6.45) is 14.5. The highest BCUT2D eigenvalue weighted by atomic mass is 16.1. The quantitative estimate of drug-likeness (QED) is 0.809. The summed E-state index contributed by atoms with van der Waals surface area (Å²) in [6, 6.07) is 0.605. The molecule has 1 fully saturated rings. The largest absolute Gasteiger partial charge is 0.307 e. The first-order valence-corrected chi connectivity index (χ1v) is 7.32. The molecule has 2 heteroatoms. The SMILES string of the molecule is O=C(CNC1CCCC1)C1=CCCCCCC1. The van der Waals surface area contributed by atoms with Gasteiger partial charge < -0.3 is 5.32 Å². The normalized spacial score (nSPS) is 22.9. The first kappa shape index (κ1) is 12.8. The van der Waals surface area contributed by atoms with Crippen molar-refractivity contribution in [2.75, 3.05) is 6.54 Å². The molecule has 0 heterocycles. The highest BCUT2D eigenvalue weighted by molar-refractivity contribution is 5.96. The van der Waals surface area contributed by atoms with Crippen LogP contribution in [0.3, 0.4) is 0 Å². The highest BCUT2D eigenvalue weighted by Crippen LogP contribution is 2.19. The predicted molar refractivity (Wildman–Crippen MR) is 71.1 cm³/mol. The highest BCUT2D eigenvalue weighted by Gasteiger charge is 2.17. The van der Waals surface area contributed by atoms with Crippen molar-refractivity contribution in [1.82, 2.24) is 5.32 Å². The van der Waals surface area contributed by atoms with Gasteiger partial charge in [-0.1, -0.05) is 31.8 Å². The Labute approximate surface area is 105 Å². The molecule has 1 N–H and O–H groups in total. The van der Waals surface area contributed by atoms with E-state index in [2.05, 4.69) is 11.4 Å². The van der Waals surface area contributed by atoms with Gasteiger partial charge >= 0.3 is 0 Å². The molecule has 2 nitrogen and oxygen atoms in total. The maximum absolute atomic E-state index is 12.1. The topological polar surface area (TPSA) is 29.1 Å². The van der Waals surface area contributed by atoms with E-state index < -0.39 is 0 Å². The lowest BCUT2D eigenvalue weighted by atomic mass is 9.97. The average Bonchev–Trinajstić information content (AvgIpc) is 2.78. The van der Waals surface area contributed by atoms with Crippen LogP contribution in [0.5, 0.6) is 0 Å². The van der Waals surface area contributed by atoms with Gasteiger partial charge in [-0.25, -0.2) is 0 Å². The molecule has 17 heavy (non-hydrogen) atoms. The van der Waals surface area contributed by atoms with Crippen LogP contribution in [0.4, 0.5) is 0 Å². The summed E-state index contributed by atoms with van der Waals surface area (Å²) in [4.78, 5) is 12.1. The van der Waals surface area contributed by atoms with E-state index in [1.165, 1.54) is 51.4 Å². The Bertz CT molecular complexity index is 277. The Hall–Kier alpha value is -0.630. The molecule has 0 amide bonds. The lowest BCUT2D eigenvalue weighted by Crippen LogP contribution is -2.32. The van der Waals surface area contributed by atoms with E-state index in [1.54, 1.807) is 0 Å². The zero-order valence-electron chi connectivity index (χ0n) is 10.8. The second-order valence-corrected chi connectivity index (χ2v) is 5.47. The van der Waals surface area contributed by atoms with Gasteiger partial charge in [0.15, 0.2) is 5.78 Å². The summed E-state index contributed by atoms with van der Waals surface area (Å²) in [6.45, 7) is 0.566. The van der Waals surface area contributed by atoms with Gasteiger partial charge in [-0.3, -0.25) is 4.79 Å². The number of allylic oxidation sites excluding steroid dienone is 1. The van der Waals surface area contributed by atoms with E-state index in [1.807, 2.05) is 0 Å². The average molecular weight is 235 g/mol. The molecule has 0 aromatic rings. The van der Waals surface area contributed by atoms with Crippen LogP contribution in [0.2, 0.25) is 0 Å². The molecule has 0 aromatic heterocycles. The fourth-order valence-corrected chi connectivity index (χ4v) is 2.93. The summed E-state index contributed by atoms with van der Waals surface area (Å²) in [5.74, 6) is 0.346. The molecule has 0 radical (unpaired) electrons. The number of carbonyl (C=O) groups is 1. The summed E-state index contributed by atoms with van der Waals surface area (Å²) < 4.78 is 0. The minimum absolute atomic E-state index is 0.346. The monoisotopic (exact) mass is 235 g/mol. The number of nitrogens with one attached hydrogen (secondary N) is 1. The van der Waals surface area contributed by atoms with Crippen molar-refractivity contribution in [2.24, 2.45) is 0 Å². The molecule has 2 rings (SSSR count). The Morgan fingerprint density at radius 2 is 1.88 bits per heavy atom. The van der Waals surface area contributed by atoms with Crippen LogP contribution in [-0.4, -0.2) is 18.4 Å². The van der Waals surface area contributed by atoms with Crippen LogP contribution in [0.15, 0.2) is 11.6 Å². The number of Topliss-reactive ketones (excluding diaryl/α,β-unsaturated/α-hetero) is 1. The number of carbonyl (C=O) groups excluding carboxylic acids is 1. The van der Waals surface area contributed by atoms with Crippen LogP contribution in [0.1, 0.15) is 64.2 Å². The van der Waals surface area contributed by atoms with Crippen molar-refractivity contribution in [1.29, 1.82) is 0 Å². The maximum Gasteiger partial charge on any atom is 0.172 e. The molecule has 0 aliphatic heterocycles. The standard InChI is InChI=1S/C15H25NO/c17-15(12-16-14-10-6-7-11-14)13-8-4-2-1-3-5-9-13/h8,14,16H,1-7,9-12H2. The summed E-state index contributed by atoms with van der Waals surface area (Å²) >= 11 is 0. The zero-order chi connectivity index (χ0) is 11.9. The van der Waals surface area contributed by atoms with Crippen molar-refractivity contribution >= 4 is 5.78 Å². The summed E-state index contributed by atoms with van der Waals surface area (Å²) in [5.41, 5.74) is 1.09. The fraction of sp³-hybridized carbons (Fsp3) is 0.800. The van der Waals surface area contributed by atoms with Crippen molar-refractivity contribution in [3.8, 4) is 0 Å². The molecule has 0 saturated heterocycles. The van der Waals surface area contributed by atoms with Crippen LogP contribution in [-0.2, 0) is 4.79 Å². The Morgan fingerprint density at radius 3 is 2.71 bits per heavy atom. The zero-order valence-corrected chi connectivity index (χ0v) is 10.8. The van der Waals surface area contributed by atoms with E-state index in [9.17, 15) is 4.79 Å². The molecule has 1 saturated carbocycles. The molecule has 2 aliphatic carbocycles. The minimum atomic E-state index is 0.346. The Balaban J connectivity index is 1.76. The van der Waals surface area contributed by atoms with Gasteiger partial charge in [0.25, 0.3) is 0 Å². The second-order valence-electron chi connectivity index (χ2n) is 5.47. The summed E-state index contributed by atoms with van der Waals surface area (Å²) in [5, 5.41) is 3.42. The molecular formula is C15H25NO. The third kappa shape index (κ3) is 4.27. The van der Waals surface area contributed by atoms with Gasteiger partial charge in [-0.05, 0) is 44.1 Å². The second kappa shape index (κ2) is 6.95. The molecular weight excluding hydrogens is 210 g/mol. The van der Waals surface area contributed by atoms with E-state index in [0.717, 1.165) is 18.4 Å². The third-order valence-corrected chi connectivity index (χ3v) is 4.06. The van der Waals surface area contributed by atoms with Crippen molar-refractivity contribution in [3.63, 3.8) is 0 Å². The Morgan fingerprint density at radius 1 is 1.12 bits per heavy atom. The molecule has 2 aliphatic rings. The van der Waals surface area contributed by atoms with Gasteiger partial charge in [0.1, 0.15) is 0 Å². The van der Waals surface area contributed by atoms with Crippen LogP contribution >= 0.6 is 0 Å². The van der Waals surface area contributed by atoms with E-state index in [4.69, 9.17) is 0 Å². The molecule has 0 aromatic carbocycles. The van der Waals surface area contributed by atoms with Crippen LogP contribution in [0.25, 0.3) is 0 Å². The number of hydrogen-bond acceptors (Lipinski definition) is 2. The van der Waals surface area contributed by atoms with Gasteiger partial charge in [-0.15, -0.1) is 0 Å². The molecule has 0 bridgehead atoms. The summed E-state index contributed by atoms with van der Waals surface area (Å²) in [7, 11) is 0.